The van der Waals surface area contributed by atoms with E-state index in [1.54, 1.807) is 29.4 Å². The van der Waals surface area contributed by atoms with E-state index in [4.69, 9.17) is 4.42 Å². The minimum atomic E-state index is -0.638. The summed E-state index contributed by atoms with van der Waals surface area (Å²) in [6, 6.07) is 3.55. The van der Waals surface area contributed by atoms with Crippen LogP contribution in [0.5, 0.6) is 0 Å². The highest BCUT2D eigenvalue weighted by Gasteiger charge is 2.22. The predicted octanol–water partition coefficient (Wildman–Crippen LogP) is 0.394. The van der Waals surface area contributed by atoms with Crippen molar-refractivity contribution in [3.63, 3.8) is 0 Å². The van der Waals surface area contributed by atoms with Crippen molar-refractivity contribution in [2.45, 2.75) is 12.8 Å². The standard InChI is InChI=1S/C16H21N3O4/c1-17-15(21)16(22)18-11-12-6-8-19(9-7-12)14(20)5-4-13-3-2-10-23-13/h2-5,10,12H,6-9,11H2,1H3,(H,17,21)(H,18,22)/b5-4+. The highest BCUT2D eigenvalue weighted by atomic mass is 16.3. The summed E-state index contributed by atoms with van der Waals surface area (Å²) in [6.45, 7) is 1.74. The zero-order chi connectivity index (χ0) is 16.7. The molecule has 0 saturated carbocycles. The molecular weight excluding hydrogens is 298 g/mol. The number of likely N-dealkylation sites (tertiary alicyclic amines) is 1. The number of carbonyl (C=O) groups is 3. The molecule has 0 spiro atoms. The molecule has 124 valence electrons. The first-order valence-corrected chi connectivity index (χ1v) is 7.60. The smallest absolute Gasteiger partial charge is 0.309 e. The summed E-state index contributed by atoms with van der Waals surface area (Å²) in [6.07, 6.45) is 6.32. The molecule has 23 heavy (non-hydrogen) atoms. The first-order chi connectivity index (χ1) is 11.1. The number of likely N-dealkylation sites (N-methyl/N-ethyl adjacent to an activating group) is 1. The number of nitrogens with one attached hydrogen (secondary N) is 2. The van der Waals surface area contributed by atoms with Gasteiger partial charge in [0, 0.05) is 32.8 Å². The molecule has 3 amide bonds. The highest BCUT2D eigenvalue weighted by molar-refractivity contribution is 6.34. The Balaban J connectivity index is 1.72. The van der Waals surface area contributed by atoms with Gasteiger partial charge in [0.25, 0.3) is 0 Å². The number of carbonyl (C=O) groups excluding carboxylic acids is 3. The molecule has 0 aromatic carbocycles. The van der Waals surface area contributed by atoms with E-state index >= 15 is 0 Å². The van der Waals surface area contributed by atoms with Crippen molar-refractivity contribution in [2.24, 2.45) is 5.92 Å². The van der Waals surface area contributed by atoms with Crippen LogP contribution in [0, 0.1) is 5.92 Å². The first kappa shape index (κ1) is 16.8. The van der Waals surface area contributed by atoms with Gasteiger partial charge in [-0.25, -0.2) is 0 Å². The zero-order valence-corrected chi connectivity index (χ0v) is 13.1. The fourth-order valence-corrected chi connectivity index (χ4v) is 2.43. The molecule has 7 heteroatoms. The largest absolute Gasteiger partial charge is 0.465 e. The molecule has 1 fully saturated rings. The van der Waals surface area contributed by atoms with E-state index in [1.807, 2.05) is 0 Å². The number of hydrogen-bond donors (Lipinski definition) is 2. The first-order valence-electron chi connectivity index (χ1n) is 7.60. The van der Waals surface area contributed by atoms with Gasteiger partial charge in [-0.15, -0.1) is 0 Å². The monoisotopic (exact) mass is 319 g/mol. The average Bonchev–Trinajstić information content (AvgIpc) is 3.10. The Bertz CT molecular complexity index is 572. The maximum Gasteiger partial charge on any atom is 0.309 e. The molecule has 2 rings (SSSR count). The molecule has 1 aliphatic heterocycles. The summed E-state index contributed by atoms with van der Waals surface area (Å²) in [7, 11) is 1.42. The van der Waals surface area contributed by atoms with Gasteiger partial charge in [-0.2, -0.15) is 0 Å². The minimum absolute atomic E-state index is 0.0470. The SMILES string of the molecule is CNC(=O)C(=O)NCC1CCN(C(=O)/C=C/c2ccco2)CC1. The summed E-state index contributed by atoms with van der Waals surface area (Å²) >= 11 is 0. The molecule has 0 bridgehead atoms. The van der Waals surface area contributed by atoms with E-state index < -0.39 is 11.8 Å². The Hall–Kier alpha value is -2.57. The van der Waals surface area contributed by atoms with Crippen LogP contribution in [0.2, 0.25) is 0 Å². The highest BCUT2D eigenvalue weighted by Crippen LogP contribution is 2.17. The lowest BCUT2D eigenvalue weighted by Gasteiger charge is -2.31. The van der Waals surface area contributed by atoms with Crippen LogP contribution in [-0.4, -0.2) is 49.3 Å². The van der Waals surface area contributed by atoms with Crippen molar-refractivity contribution in [2.75, 3.05) is 26.7 Å². The molecule has 0 aliphatic carbocycles. The zero-order valence-electron chi connectivity index (χ0n) is 13.1. The number of piperidine rings is 1. The van der Waals surface area contributed by atoms with Crippen molar-refractivity contribution in [1.82, 2.24) is 15.5 Å². The molecule has 2 N–H and O–H groups in total. The third-order valence-corrected chi connectivity index (χ3v) is 3.84. The maximum absolute atomic E-state index is 12.1. The lowest BCUT2D eigenvalue weighted by atomic mass is 9.96. The van der Waals surface area contributed by atoms with Crippen LogP contribution in [-0.2, 0) is 14.4 Å². The van der Waals surface area contributed by atoms with Gasteiger partial charge in [0.15, 0.2) is 0 Å². The molecule has 1 aromatic heterocycles. The molecule has 2 heterocycles. The van der Waals surface area contributed by atoms with Gasteiger partial charge in [0.05, 0.1) is 6.26 Å². The van der Waals surface area contributed by atoms with Gasteiger partial charge in [-0.05, 0) is 37.0 Å². The van der Waals surface area contributed by atoms with Crippen LogP contribution in [0.25, 0.3) is 6.08 Å². The van der Waals surface area contributed by atoms with E-state index in [0.717, 1.165) is 12.8 Å². The number of rotatable bonds is 4. The Morgan fingerprint density at radius 3 is 2.65 bits per heavy atom. The van der Waals surface area contributed by atoms with Gasteiger partial charge >= 0.3 is 11.8 Å². The van der Waals surface area contributed by atoms with Crippen LogP contribution < -0.4 is 10.6 Å². The second-order valence-corrected chi connectivity index (χ2v) is 5.41. The van der Waals surface area contributed by atoms with Crippen molar-refractivity contribution in [1.29, 1.82) is 0 Å². The second-order valence-electron chi connectivity index (χ2n) is 5.41. The van der Waals surface area contributed by atoms with Crippen LogP contribution in [0.1, 0.15) is 18.6 Å². The molecule has 7 nitrogen and oxygen atoms in total. The van der Waals surface area contributed by atoms with Crippen LogP contribution in [0.4, 0.5) is 0 Å². The van der Waals surface area contributed by atoms with Gasteiger partial charge in [-0.3, -0.25) is 14.4 Å². The fourth-order valence-electron chi connectivity index (χ4n) is 2.43. The minimum Gasteiger partial charge on any atom is -0.465 e. The molecular formula is C16H21N3O4. The number of furan rings is 1. The third-order valence-electron chi connectivity index (χ3n) is 3.84. The van der Waals surface area contributed by atoms with Crippen molar-refractivity contribution >= 4 is 23.8 Å². The lowest BCUT2D eigenvalue weighted by Crippen LogP contribution is -2.43. The number of amides is 3. The Morgan fingerprint density at radius 1 is 1.30 bits per heavy atom. The van der Waals surface area contributed by atoms with Crippen molar-refractivity contribution in [3.8, 4) is 0 Å². The van der Waals surface area contributed by atoms with Crippen LogP contribution in [0.15, 0.2) is 28.9 Å². The molecule has 1 aromatic rings. The topological polar surface area (TPSA) is 91.7 Å². The summed E-state index contributed by atoms with van der Waals surface area (Å²) < 4.78 is 5.14. The number of hydrogen-bond acceptors (Lipinski definition) is 4. The second kappa shape index (κ2) is 8.17. The normalized spacial score (nSPS) is 15.6. The van der Waals surface area contributed by atoms with Crippen molar-refractivity contribution < 1.29 is 18.8 Å². The van der Waals surface area contributed by atoms with E-state index in [-0.39, 0.29) is 11.8 Å². The Morgan fingerprint density at radius 2 is 2.04 bits per heavy atom. The molecule has 0 atom stereocenters. The third kappa shape index (κ3) is 4.98. The van der Waals surface area contributed by atoms with Gasteiger partial charge < -0.3 is 20.0 Å². The average molecular weight is 319 g/mol. The van der Waals surface area contributed by atoms with Crippen molar-refractivity contribution in [3.05, 3.63) is 30.2 Å². The predicted molar refractivity (Wildman–Crippen MR) is 84.1 cm³/mol. The van der Waals surface area contributed by atoms with Crippen LogP contribution >= 0.6 is 0 Å². The molecule has 1 aliphatic rings. The van der Waals surface area contributed by atoms with Gasteiger partial charge in [0.2, 0.25) is 5.91 Å². The Labute approximate surface area is 134 Å². The van der Waals surface area contributed by atoms with Gasteiger partial charge in [-0.1, -0.05) is 0 Å². The van der Waals surface area contributed by atoms with E-state index in [9.17, 15) is 14.4 Å². The lowest BCUT2D eigenvalue weighted by molar-refractivity contribution is -0.139. The molecule has 0 unspecified atom stereocenters. The van der Waals surface area contributed by atoms with E-state index in [1.165, 1.54) is 13.1 Å². The molecule has 1 saturated heterocycles. The number of nitrogens with zero attached hydrogens (tertiary/aromatic N) is 1. The summed E-state index contributed by atoms with van der Waals surface area (Å²) in [5.74, 6) is -0.380. The molecule has 0 radical (unpaired) electrons. The summed E-state index contributed by atoms with van der Waals surface area (Å²) in [5.41, 5.74) is 0. The Kier molecular flexibility index (Phi) is 5.96. The quantitative estimate of drug-likeness (QED) is 0.620. The fraction of sp³-hybridized carbons (Fsp3) is 0.438. The van der Waals surface area contributed by atoms with Gasteiger partial charge in [0.1, 0.15) is 5.76 Å². The summed E-state index contributed by atoms with van der Waals surface area (Å²) in [4.78, 5) is 36.3. The summed E-state index contributed by atoms with van der Waals surface area (Å²) in [5, 5.41) is 4.89. The van der Waals surface area contributed by atoms with Crippen LogP contribution in [0.3, 0.4) is 0 Å². The maximum atomic E-state index is 12.1. The van der Waals surface area contributed by atoms with E-state index in [2.05, 4.69) is 10.6 Å². The van der Waals surface area contributed by atoms with E-state index in [0.29, 0.717) is 25.4 Å².